The van der Waals surface area contributed by atoms with Crippen LogP contribution in [0.25, 0.3) is 0 Å². The summed E-state index contributed by atoms with van der Waals surface area (Å²) in [6.07, 6.45) is 0. The predicted molar refractivity (Wildman–Crippen MR) is 33.0 cm³/mol. The van der Waals surface area contributed by atoms with Crippen LogP contribution in [0.2, 0.25) is 0 Å². The molecule has 62 valence electrons. The summed E-state index contributed by atoms with van der Waals surface area (Å²) < 4.78 is 31.1. The van der Waals surface area contributed by atoms with Gasteiger partial charge in [0.05, 0.1) is 26.4 Å². The first kappa shape index (κ1) is 10.2. The van der Waals surface area contributed by atoms with Gasteiger partial charge in [0, 0.05) is 0 Å². The third-order valence-electron chi connectivity index (χ3n) is 0.652. The van der Waals surface area contributed by atoms with Gasteiger partial charge in [-0.05, 0) is 0 Å². The Morgan fingerprint density at radius 1 is 1.20 bits per heavy atom. The van der Waals surface area contributed by atoms with Crippen LogP contribution < -0.4 is 0 Å². The fourth-order valence-electron chi connectivity index (χ4n) is 0.332. The molecule has 3 nitrogen and oxygen atoms in total. The van der Waals surface area contributed by atoms with E-state index in [0.717, 1.165) is 0 Å². The Morgan fingerprint density at radius 3 is 2.40 bits per heavy atom. The van der Waals surface area contributed by atoms with Gasteiger partial charge in [-0.2, -0.15) is 8.39 Å². The van der Waals surface area contributed by atoms with E-state index in [-0.39, 0.29) is 26.4 Å². The summed E-state index contributed by atoms with van der Waals surface area (Å²) in [5.41, 5.74) is 0. The minimum Gasteiger partial charge on any atom is -0.394 e. The lowest BCUT2D eigenvalue weighted by molar-refractivity contribution is 0.0704. The van der Waals surface area contributed by atoms with Gasteiger partial charge in [-0.1, -0.05) is 0 Å². The molecule has 0 unspecified atom stereocenters. The second kappa shape index (κ2) is 7.28. The van der Waals surface area contributed by atoms with E-state index in [0.29, 0.717) is 0 Å². The molecule has 0 aliphatic carbocycles. The van der Waals surface area contributed by atoms with Gasteiger partial charge < -0.3 is 14.4 Å². The van der Waals surface area contributed by atoms with Crippen molar-refractivity contribution in [1.29, 1.82) is 0 Å². The number of rotatable bonds is 6. The topological polar surface area (TPSA) is 38.7 Å². The molecule has 0 aromatic carbocycles. The number of aliphatic hydroxyl groups is 1. The van der Waals surface area contributed by atoms with Crippen molar-refractivity contribution in [2.75, 3.05) is 26.4 Å². The zero-order valence-electron chi connectivity index (χ0n) is 5.30. The number of ether oxygens (including phenoxy) is 1. The fourth-order valence-corrected chi connectivity index (χ4v) is 0.544. The van der Waals surface area contributed by atoms with Crippen LogP contribution in [0.4, 0.5) is 8.39 Å². The van der Waals surface area contributed by atoms with Crippen LogP contribution in [-0.4, -0.2) is 31.5 Å². The van der Waals surface area contributed by atoms with Crippen LogP contribution in [-0.2, 0) is 9.26 Å². The molecule has 6 heteroatoms. The molecule has 0 aliphatic rings. The van der Waals surface area contributed by atoms with Gasteiger partial charge >= 0.3 is 8.77 Å². The largest absolute Gasteiger partial charge is 0.415 e. The second-order valence-electron chi connectivity index (χ2n) is 1.37. The zero-order valence-corrected chi connectivity index (χ0v) is 6.19. The monoisotopic (exact) mass is 174 g/mol. The highest BCUT2D eigenvalue weighted by Gasteiger charge is 2.02. The molecule has 0 spiro atoms. The number of hydrogen-bond acceptors (Lipinski definition) is 3. The molecule has 0 saturated carbocycles. The minimum atomic E-state index is -3.26. The summed E-state index contributed by atoms with van der Waals surface area (Å²) in [5, 5.41) is 8.16. The van der Waals surface area contributed by atoms with Gasteiger partial charge in [-0.15, -0.1) is 0 Å². The minimum absolute atomic E-state index is 0.0972. The summed E-state index contributed by atoms with van der Waals surface area (Å²) >= 11 is 0. The van der Waals surface area contributed by atoms with E-state index >= 15 is 0 Å². The van der Waals surface area contributed by atoms with Crippen molar-refractivity contribution in [3.05, 3.63) is 0 Å². The molecule has 10 heavy (non-hydrogen) atoms. The summed E-state index contributed by atoms with van der Waals surface area (Å²) in [6, 6.07) is 0. The van der Waals surface area contributed by atoms with Gasteiger partial charge in [-0.3, -0.25) is 0 Å². The van der Waals surface area contributed by atoms with Crippen LogP contribution in [0, 0.1) is 0 Å². The van der Waals surface area contributed by atoms with Crippen molar-refractivity contribution in [3.63, 3.8) is 0 Å². The Kier molecular flexibility index (Phi) is 7.40. The summed E-state index contributed by atoms with van der Waals surface area (Å²) in [5.74, 6) is 0. The van der Waals surface area contributed by atoms with Crippen LogP contribution in [0.1, 0.15) is 0 Å². The molecule has 0 aromatic rings. The van der Waals surface area contributed by atoms with Crippen LogP contribution >= 0.6 is 8.77 Å². The quantitative estimate of drug-likeness (QED) is 0.485. The maximum atomic E-state index is 11.3. The number of halogens is 2. The van der Waals surface area contributed by atoms with Gasteiger partial charge in [0.1, 0.15) is 0 Å². The third kappa shape index (κ3) is 8.17. The SMILES string of the molecule is OCCOCCOP(F)F. The van der Waals surface area contributed by atoms with E-state index in [9.17, 15) is 8.39 Å². The molecule has 0 bridgehead atoms. The zero-order chi connectivity index (χ0) is 7.82. The Bertz CT molecular complexity index is 73.5. The molecule has 0 rings (SSSR count). The van der Waals surface area contributed by atoms with Gasteiger partial charge in [0.15, 0.2) is 0 Å². The normalized spacial score (nSPS) is 10.8. The lowest BCUT2D eigenvalue weighted by atomic mass is 10.7. The van der Waals surface area contributed by atoms with Crippen molar-refractivity contribution in [2.24, 2.45) is 0 Å². The summed E-state index contributed by atoms with van der Waals surface area (Å²) in [7, 11) is -3.26. The third-order valence-corrected chi connectivity index (χ3v) is 1.03. The molecule has 1 N–H and O–H groups in total. The lowest BCUT2D eigenvalue weighted by Gasteiger charge is -2.00. The average molecular weight is 174 g/mol. The van der Waals surface area contributed by atoms with Crippen molar-refractivity contribution in [2.45, 2.75) is 0 Å². The number of hydrogen-bond donors (Lipinski definition) is 1. The fraction of sp³-hybridized carbons (Fsp3) is 1.00. The highest BCUT2D eigenvalue weighted by molar-refractivity contribution is 7.40. The van der Waals surface area contributed by atoms with Gasteiger partial charge in [-0.25, -0.2) is 0 Å². The molecular weight excluding hydrogens is 165 g/mol. The number of aliphatic hydroxyl groups excluding tert-OH is 1. The van der Waals surface area contributed by atoms with Gasteiger partial charge in [0.2, 0.25) is 0 Å². The highest BCUT2D eigenvalue weighted by atomic mass is 31.2. The van der Waals surface area contributed by atoms with E-state index in [2.05, 4.69) is 9.26 Å². The first-order chi connectivity index (χ1) is 4.77. The molecule has 0 aliphatic heterocycles. The molecule has 0 heterocycles. The van der Waals surface area contributed by atoms with E-state index in [1.165, 1.54) is 0 Å². The van der Waals surface area contributed by atoms with Crippen LogP contribution in [0.15, 0.2) is 0 Å². The first-order valence-electron chi connectivity index (χ1n) is 2.70. The van der Waals surface area contributed by atoms with Crippen molar-refractivity contribution < 1.29 is 22.8 Å². The molecular formula is C4H9F2O3P. The molecule has 0 fully saturated rings. The summed E-state index contributed by atoms with van der Waals surface area (Å²) in [4.78, 5) is 0. The molecule has 0 saturated heterocycles. The van der Waals surface area contributed by atoms with E-state index in [1.54, 1.807) is 0 Å². The Hall–Kier alpha value is 0.170. The molecule has 0 atom stereocenters. The average Bonchev–Trinajstić information content (AvgIpc) is 1.87. The lowest BCUT2D eigenvalue weighted by Crippen LogP contribution is -2.04. The molecule has 0 aromatic heterocycles. The van der Waals surface area contributed by atoms with Gasteiger partial charge in [0.25, 0.3) is 0 Å². The Labute approximate surface area is 59.0 Å². The summed E-state index contributed by atoms with van der Waals surface area (Å²) in [6.45, 7) is 0.0613. The second-order valence-corrected chi connectivity index (χ2v) is 2.03. The standard InChI is InChI=1S/C4H9F2O3P/c5-10(6)9-4-3-8-2-1-7/h7H,1-4H2. The Balaban J connectivity index is 2.77. The predicted octanol–water partition coefficient (Wildman–Crippen LogP) is 1.18. The smallest absolute Gasteiger partial charge is 0.394 e. The van der Waals surface area contributed by atoms with Crippen LogP contribution in [0.5, 0.6) is 0 Å². The maximum absolute atomic E-state index is 11.3. The van der Waals surface area contributed by atoms with Crippen LogP contribution in [0.3, 0.4) is 0 Å². The van der Waals surface area contributed by atoms with Crippen molar-refractivity contribution in [3.8, 4) is 0 Å². The Morgan fingerprint density at radius 2 is 1.90 bits per heavy atom. The van der Waals surface area contributed by atoms with Crippen molar-refractivity contribution in [1.82, 2.24) is 0 Å². The molecule has 0 radical (unpaired) electrons. The highest BCUT2D eigenvalue weighted by Crippen LogP contribution is 2.39. The van der Waals surface area contributed by atoms with E-state index in [1.807, 2.05) is 0 Å². The van der Waals surface area contributed by atoms with Crippen molar-refractivity contribution >= 4 is 8.77 Å². The maximum Gasteiger partial charge on any atom is 0.415 e. The first-order valence-corrected chi connectivity index (χ1v) is 3.74. The van der Waals surface area contributed by atoms with E-state index < -0.39 is 8.77 Å². The van der Waals surface area contributed by atoms with E-state index in [4.69, 9.17) is 5.11 Å². The molecule has 0 amide bonds.